The fourth-order valence-electron chi connectivity index (χ4n) is 6.27. The van der Waals surface area contributed by atoms with Gasteiger partial charge >= 0.3 is 17.9 Å². The van der Waals surface area contributed by atoms with Crippen molar-refractivity contribution < 1.29 is 28.6 Å². The highest BCUT2D eigenvalue weighted by Crippen LogP contribution is 2.13. The topological polar surface area (TPSA) is 78.9 Å². The molecular weight excluding hydrogens is 745 g/mol. The minimum Gasteiger partial charge on any atom is -0.462 e. The molecule has 6 nitrogen and oxygen atoms in total. The van der Waals surface area contributed by atoms with Crippen molar-refractivity contribution in [3.05, 3.63) is 97.2 Å². The molecule has 60 heavy (non-hydrogen) atoms. The standard InChI is InChI=1S/C54H88O6/c1-4-7-10-13-16-19-22-25-27-28-30-32-35-38-41-44-47-53(56)59-50-51(49-58-52(55)46-43-40-37-34-31-24-21-18-15-12-9-6-3)60-54(57)48-45-42-39-36-33-29-26-23-20-17-14-11-8-5-2/h7-12,16-21,25-27,29,51H,4-6,13-15,22-24,28,30-50H2,1-3H3/b10-7-,11-8-,12-9-,19-16-,20-17-,21-18-,27-25-,29-26-. The fraction of sp³-hybridized carbons (Fsp3) is 0.648. The molecule has 0 amide bonds. The third kappa shape index (κ3) is 45.4. The van der Waals surface area contributed by atoms with Gasteiger partial charge in [-0.05, 0) is 109 Å². The first-order valence-corrected chi connectivity index (χ1v) is 24.2. The summed E-state index contributed by atoms with van der Waals surface area (Å²) in [6, 6.07) is 0. The van der Waals surface area contributed by atoms with Crippen LogP contribution >= 0.6 is 0 Å². The van der Waals surface area contributed by atoms with Crippen molar-refractivity contribution >= 4 is 17.9 Å². The predicted molar refractivity (Wildman–Crippen MR) is 256 cm³/mol. The van der Waals surface area contributed by atoms with Gasteiger partial charge < -0.3 is 14.2 Å². The van der Waals surface area contributed by atoms with E-state index in [0.29, 0.717) is 19.3 Å². The molecule has 0 heterocycles. The van der Waals surface area contributed by atoms with Gasteiger partial charge in [-0.1, -0.05) is 176 Å². The number of allylic oxidation sites excluding steroid dienone is 16. The van der Waals surface area contributed by atoms with Crippen LogP contribution in [0.2, 0.25) is 0 Å². The summed E-state index contributed by atoms with van der Waals surface area (Å²) in [5.41, 5.74) is 0. The van der Waals surface area contributed by atoms with Gasteiger partial charge in [-0.2, -0.15) is 0 Å². The Morgan fingerprint density at radius 3 is 0.933 bits per heavy atom. The molecule has 0 aromatic rings. The van der Waals surface area contributed by atoms with Crippen molar-refractivity contribution in [1.29, 1.82) is 0 Å². The average Bonchev–Trinajstić information content (AvgIpc) is 3.24. The number of unbranched alkanes of at least 4 members (excludes halogenated alkanes) is 15. The van der Waals surface area contributed by atoms with Gasteiger partial charge in [0, 0.05) is 19.3 Å². The van der Waals surface area contributed by atoms with Crippen LogP contribution in [0.1, 0.15) is 207 Å². The van der Waals surface area contributed by atoms with E-state index in [2.05, 4.69) is 118 Å². The quantitative estimate of drug-likeness (QED) is 0.0264. The Morgan fingerprint density at radius 2 is 0.600 bits per heavy atom. The first kappa shape index (κ1) is 56.3. The van der Waals surface area contributed by atoms with Crippen LogP contribution in [0, 0.1) is 0 Å². The molecule has 0 aromatic carbocycles. The lowest BCUT2D eigenvalue weighted by Gasteiger charge is -2.18. The van der Waals surface area contributed by atoms with Gasteiger partial charge in [-0.25, -0.2) is 0 Å². The van der Waals surface area contributed by atoms with Gasteiger partial charge in [0.25, 0.3) is 0 Å². The number of hydrogen-bond acceptors (Lipinski definition) is 6. The Kier molecular flexibility index (Phi) is 45.1. The highest BCUT2D eigenvalue weighted by atomic mass is 16.6. The first-order valence-electron chi connectivity index (χ1n) is 24.2. The summed E-state index contributed by atoms with van der Waals surface area (Å²) in [6.07, 6.45) is 62.5. The summed E-state index contributed by atoms with van der Waals surface area (Å²) in [5, 5.41) is 0. The van der Waals surface area contributed by atoms with Gasteiger partial charge in [0.05, 0.1) is 0 Å². The van der Waals surface area contributed by atoms with E-state index < -0.39 is 6.10 Å². The maximum Gasteiger partial charge on any atom is 0.306 e. The van der Waals surface area contributed by atoms with Crippen LogP contribution < -0.4 is 0 Å². The Balaban J connectivity index is 4.46. The van der Waals surface area contributed by atoms with E-state index >= 15 is 0 Å². The Labute approximate surface area is 368 Å². The van der Waals surface area contributed by atoms with Crippen LogP contribution in [0.5, 0.6) is 0 Å². The molecular formula is C54H88O6. The number of carbonyl (C=O) groups excluding carboxylic acids is 3. The van der Waals surface area contributed by atoms with Crippen molar-refractivity contribution in [3.63, 3.8) is 0 Å². The number of carbonyl (C=O) groups is 3. The number of ether oxygens (including phenoxy) is 3. The van der Waals surface area contributed by atoms with Crippen molar-refractivity contribution in [3.8, 4) is 0 Å². The lowest BCUT2D eigenvalue weighted by Crippen LogP contribution is -2.30. The zero-order valence-electron chi connectivity index (χ0n) is 38.7. The molecule has 0 aromatic heterocycles. The van der Waals surface area contributed by atoms with Crippen molar-refractivity contribution in [2.24, 2.45) is 0 Å². The molecule has 0 bridgehead atoms. The Hall–Kier alpha value is -3.67. The molecule has 1 unspecified atom stereocenters. The van der Waals surface area contributed by atoms with Gasteiger partial charge in [0.15, 0.2) is 6.10 Å². The second-order valence-electron chi connectivity index (χ2n) is 15.6. The number of rotatable bonds is 42. The highest BCUT2D eigenvalue weighted by Gasteiger charge is 2.19. The zero-order chi connectivity index (χ0) is 43.7. The third-order valence-electron chi connectivity index (χ3n) is 9.81. The summed E-state index contributed by atoms with van der Waals surface area (Å²) >= 11 is 0. The molecule has 0 saturated heterocycles. The van der Waals surface area contributed by atoms with Crippen molar-refractivity contribution in [1.82, 2.24) is 0 Å². The zero-order valence-corrected chi connectivity index (χ0v) is 38.7. The lowest BCUT2D eigenvalue weighted by molar-refractivity contribution is -0.167. The maximum absolute atomic E-state index is 12.8. The average molecular weight is 833 g/mol. The van der Waals surface area contributed by atoms with E-state index in [-0.39, 0.29) is 31.1 Å². The molecule has 0 aliphatic rings. The minimum atomic E-state index is -0.800. The van der Waals surface area contributed by atoms with Gasteiger partial charge in [-0.15, -0.1) is 0 Å². The second-order valence-corrected chi connectivity index (χ2v) is 15.6. The molecule has 0 saturated carbocycles. The SMILES string of the molecule is CC/C=C\C/C=C\C/C=C\CCCCCCCCC(=O)OCC(COC(=O)CCCCCCC/C=C\C/C=C\CC)OC(=O)CCCCCC/C=C\C/C=C\C/C=C\CC. The van der Waals surface area contributed by atoms with E-state index in [9.17, 15) is 14.4 Å². The van der Waals surface area contributed by atoms with E-state index in [4.69, 9.17) is 14.2 Å². The molecule has 0 fully saturated rings. The highest BCUT2D eigenvalue weighted by molar-refractivity contribution is 5.71. The first-order chi connectivity index (χ1) is 29.5. The maximum atomic E-state index is 12.8. The van der Waals surface area contributed by atoms with E-state index in [1.54, 1.807) is 0 Å². The van der Waals surface area contributed by atoms with E-state index in [1.807, 2.05) is 0 Å². The monoisotopic (exact) mass is 833 g/mol. The molecule has 0 rings (SSSR count). The number of hydrogen-bond donors (Lipinski definition) is 0. The van der Waals surface area contributed by atoms with Gasteiger partial charge in [0.1, 0.15) is 13.2 Å². The smallest absolute Gasteiger partial charge is 0.306 e. The molecule has 0 aliphatic heterocycles. The van der Waals surface area contributed by atoms with Crippen molar-refractivity contribution in [2.75, 3.05) is 13.2 Å². The number of esters is 3. The Bertz CT molecular complexity index is 1230. The van der Waals surface area contributed by atoms with E-state index in [0.717, 1.165) is 154 Å². The van der Waals surface area contributed by atoms with Crippen LogP contribution in [0.25, 0.3) is 0 Å². The van der Waals surface area contributed by atoms with Gasteiger partial charge in [-0.3, -0.25) is 14.4 Å². The molecule has 0 radical (unpaired) electrons. The van der Waals surface area contributed by atoms with Crippen LogP contribution in [0.3, 0.4) is 0 Å². The minimum absolute atomic E-state index is 0.0998. The van der Waals surface area contributed by atoms with Gasteiger partial charge in [0.2, 0.25) is 0 Å². The van der Waals surface area contributed by atoms with Crippen LogP contribution in [-0.2, 0) is 28.6 Å². The lowest BCUT2D eigenvalue weighted by atomic mass is 10.1. The van der Waals surface area contributed by atoms with Crippen LogP contribution in [0.4, 0.5) is 0 Å². The van der Waals surface area contributed by atoms with Crippen molar-refractivity contribution in [2.45, 2.75) is 213 Å². The summed E-state index contributed by atoms with van der Waals surface area (Å²) < 4.78 is 16.7. The molecule has 340 valence electrons. The predicted octanol–water partition coefficient (Wildman–Crippen LogP) is 15.8. The normalized spacial score (nSPS) is 12.9. The van der Waals surface area contributed by atoms with E-state index in [1.165, 1.54) is 12.8 Å². The molecule has 0 aliphatic carbocycles. The summed E-state index contributed by atoms with van der Waals surface area (Å²) in [4.78, 5) is 37.9. The fourth-order valence-corrected chi connectivity index (χ4v) is 6.27. The molecule has 6 heteroatoms. The summed E-state index contributed by atoms with van der Waals surface area (Å²) in [5.74, 6) is -0.956. The van der Waals surface area contributed by atoms with Crippen LogP contribution in [0.15, 0.2) is 97.2 Å². The third-order valence-corrected chi connectivity index (χ3v) is 9.81. The largest absolute Gasteiger partial charge is 0.462 e. The summed E-state index contributed by atoms with van der Waals surface area (Å²) in [6.45, 7) is 6.24. The Morgan fingerprint density at radius 1 is 0.333 bits per heavy atom. The molecule has 0 spiro atoms. The molecule has 0 N–H and O–H groups in total. The van der Waals surface area contributed by atoms with Crippen LogP contribution in [-0.4, -0.2) is 37.2 Å². The second kappa shape index (κ2) is 48.0. The summed E-state index contributed by atoms with van der Waals surface area (Å²) in [7, 11) is 0. The molecule has 1 atom stereocenters.